The van der Waals surface area contributed by atoms with E-state index < -0.39 is 0 Å². The van der Waals surface area contributed by atoms with Crippen LogP contribution >= 0.6 is 11.9 Å². The fraction of sp³-hybridized carbons (Fsp3) is 0.556. The van der Waals surface area contributed by atoms with Gasteiger partial charge in [-0.2, -0.15) is 5.10 Å². The summed E-state index contributed by atoms with van der Waals surface area (Å²) in [5.41, 5.74) is 3.22. The summed E-state index contributed by atoms with van der Waals surface area (Å²) in [6.07, 6.45) is 9.42. The minimum atomic E-state index is -0.297. The molecule has 4 bridgehead atoms. The number of halogens is 1. The molecule has 1 aromatic carbocycles. The van der Waals surface area contributed by atoms with Crippen molar-refractivity contribution in [1.29, 1.82) is 0 Å². The number of benzene rings is 1. The Kier molecular flexibility index (Phi) is 4.24. The van der Waals surface area contributed by atoms with Crippen molar-refractivity contribution in [3.63, 3.8) is 0 Å². The van der Waals surface area contributed by atoms with E-state index >= 15 is 0 Å². The molecule has 24 heavy (non-hydrogen) atoms. The first-order chi connectivity index (χ1) is 11.6. The van der Waals surface area contributed by atoms with Crippen molar-refractivity contribution >= 4 is 24.2 Å². The minimum absolute atomic E-state index is 0.243. The summed E-state index contributed by atoms with van der Waals surface area (Å²) in [5, 5.41) is 3.91. The van der Waals surface area contributed by atoms with Gasteiger partial charge in [-0.25, -0.2) is 14.6 Å². The smallest absolute Gasteiger partial charge is 0.280 e. The highest BCUT2D eigenvalue weighted by molar-refractivity contribution is 7.99. The molecule has 0 heterocycles. The molecule has 6 heteroatoms. The molecule has 128 valence electrons. The Labute approximate surface area is 145 Å². The van der Waals surface area contributed by atoms with E-state index in [2.05, 4.69) is 15.2 Å². The van der Waals surface area contributed by atoms with Gasteiger partial charge in [0.1, 0.15) is 5.82 Å². The number of amides is 2. The highest BCUT2D eigenvalue weighted by Crippen LogP contribution is 2.59. The number of urea groups is 1. The number of hydrogen-bond acceptors (Lipinski definition) is 3. The molecule has 4 aliphatic rings. The van der Waals surface area contributed by atoms with E-state index in [0.29, 0.717) is 0 Å². The van der Waals surface area contributed by atoms with Crippen LogP contribution in [0.3, 0.4) is 0 Å². The third kappa shape index (κ3) is 3.43. The number of hydrogen-bond donors (Lipinski definition) is 2. The molecule has 4 aliphatic carbocycles. The van der Waals surface area contributed by atoms with Gasteiger partial charge in [-0.15, -0.1) is 0 Å². The first kappa shape index (κ1) is 15.9. The largest absolute Gasteiger partial charge is 0.345 e. The van der Waals surface area contributed by atoms with Crippen LogP contribution in [0.25, 0.3) is 0 Å². The summed E-state index contributed by atoms with van der Waals surface area (Å²) in [4.78, 5) is 12.0. The van der Waals surface area contributed by atoms with Crippen LogP contribution in [0.2, 0.25) is 0 Å². The minimum Gasteiger partial charge on any atom is -0.280 e. The quantitative estimate of drug-likeness (QED) is 0.490. The molecule has 5 rings (SSSR count). The summed E-state index contributed by atoms with van der Waals surface area (Å²) in [7, 11) is 0. The third-order valence-electron chi connectivity index (χ3n) is 5.59. The Bertz CT molecular complexity index is 611. The average Bonchev–Trinajstić information content (AvgIpc) is 2.54. The highest BCUT2D eigenvalue weighted by atomic mass is 32.2. The van der Waals surface area contributed by atoms with Crippen molar-refractivity contribution in [3.8, 4) is 0 Å². The Hall–Kier alpha value is -1.56. The molecule has 2 amide bonds. The topological polar surface area (TPSA) is 53.5 Å². The number of rotatable bonds is 4. The molecule has 4 saturated carbocycles. The predicted molar refractivity (Wildman–Crippen MR) is 94.2 cm³/mol. The van der Waals surface area contributed by atoms with Crippen LogP contribution in [0.1, 0.15) is 44.1 Å². The highest BCUT2D eigenvalue weighted by Gasteiger charge is 2.51. The summed E-state index contributed by atoms with van der Waals surface area (Å²) in [5.74, 6) is 2.31. The summed E-state index contributed by atoms with van der Waals surface area (Å²) in [6, 6.07) is 5.66. The van der Waals surface area contributed by atoms with Gasteiger partial charge in [0.05, 0.1) is 6.21 Å². The molecule has 4 fully saturated rings. The van der Waals surface area contributed by atoms with Crippen molar-refractivity contribution in [2.45, 2.75) is 43.3 Å². The molecule has 4 nitrogen and oxygen atoms in total. The lowest BCUT2D eigenvalue weighted by Crippen LogP contribution is -2.50. The molecule has 0 saturated heterocycles. The molecule has 0 aliphatic heterocycles. The zero-order valence-electron chi connectivity index (χ0n) is 13.5. The normalized spacial score (nSPS) is 33.8. The van der Waals surface area contributed by atoms with E-state index in [-0.39, 0.29) is 16.6 Å². The Morgan fingerprint density at radius 2 is 1.71 bits per heavy atom. The number of carbonyl (C=O) groups excluding carboxylic acids is 1. The molecular formula is C18H22FN3OS. The second kappa shape index (κ2) is 6.39. The summed E-state index contributed by atoms with van der Waals surface area (Å²) < 4.78 is 16.0. The van der Waals surface area contributed by atoms with Gasteiger partial charge in [-0.1, -0.05) is 12.1 Å². The lowest BCUT2D eigenvalue weighted by atomic mass is 9.56. The van der Waals surface area contributed by atoms with Crippen LogP contribution in [0.4, 0.5) is 9.18 Å². The van der Waals surface area contributed by atoms with Crippen LogP contribution < -0.4 is 10.1 Å². The van der Waals surface area contributed by atoms with Crippen LogP contribution in [0, 0.1) is 23.6 Å². The monoisotopic (exact) mass is 347 g/mol. The van der Waals surface area contributed by atoms with Gasteiger partial charge < -0.3 is 0 Å². The van der Waals surface area contributed by atoms with Crippen molar-refractivity contribution in [2.24, 2.45) is 22.9 Å². The van der Waals surface area contributed by atoms with Gasteiger partial charge in [0.15, 0.2) is 0 Å². The van der Waals surface area contributed by atoms with Crippen molar-refractivity contribution < 1.29 is 9.18 Å². The number of carbonyl (C=O) groups is 1. The van der Waals surface area contributed by atoms with Crippen molar-refractivity contribution in [3.05, 3.63) is 35.6 Å². The second-order valence-electron chi connectivity index (χ2n) is 7.56. The number of nitrogens with one attached hydrogen (secondary N) is 2. The van der Waals surface area contributed by atoms with Gasteiger partial charge in [0.25, 0.3) is 0 Å². The second-order valence-corrected chi connectivity index (χ2v) is 8.83. The van der Waals surface area contributed by atoms with E-state index in [1.807, 2.05) is 0 Å². The third-order valence-corrected chi connectivity index (χ3v) is 6.81. The molecule has 0 unspecified atom stereocenters. The molecule has 0 aromatic heterocycles. The van der Waals surface area contributed by atoms with E-state index in [1.165, 1.54) is 56.9 Å². The average molecular weight is 347 g/mol. The van der Waals surface area contributed by atoms with Crippen molar-refractivity contribution in [1.82, 2.24) is 10.1 Å². The molecule has 0 radical (unpaired) electrons. The Balaban J connectivity index is 1.27. The van der Waals surface area contributed by atoms with Gasteiger partial charge in [0.2, 0.25) is 0 Å². The number of hydrazone groups is 1. The van der Waals surface area contributed by atoms with E-state index in [4.69, 9.17) is 0 Å². The Morgan fingerprint density at radius 3 is 2.29 bits per heavy atom. The molecule has 0 atom stereocenters. The fourth-order valence-electron chi connectivity index (χ4n) is 5.05. The van der Waals surface area contributed by atoms with Gasteiger partial charge >= 0.3 is 6.03 Å². The molecule has 0 spiro atoms. The first-order valence-electron chi connectivity index (χ1n) is 8.63. The zero-order valence-corrected chi connectivity index (χ0v) is 14.3. The van der Waals surface area contributed by atoms with Crippen LogP contribution in [-0.2, 0) is 0 Å². The Morgan fingerprint density at radius 1 is 1.12 bits per heavy atom. The van der Waals surface area contributed by atoms with E-state index in [0.717, 1.165) is 23.3 Å². The van der Waals surface area contributed by atoms with Crippen molar-refractivity contribution in [2.75, 3.05) is 0 Å². The molecular weight excluding hydrogens is 325 g/mol. The maximum atomic E-state index is 12.8. The standard InChI is InChI=1S/C18H22FN3OS/c19-16-3-1-12(2-4-16)11-20-21-17(23)22-24-18-8-13-5-14(9-18)7-15(6-13)10-18/h1-4,11,13-15H,5-10H2,(H2,21,22,23)/b20-11+. The maximum absolute atomic E-state index is 12.8. The van der Waals surface area contributed by atoms with Gasteiger partial charge in [-0.3, -0.25) is 4.72 Å². The summed E-state index contributed by atoms with van der Waals surface area (Å²) >= 11 is 1.60. The molecule has 2 N–H and O–H groups in total. The van der Waals surface area contributed by atoms with Crippen LogP contribution in [0.15, 0.2) is 29.4 Å². The number of nitrogens with zero attached hydrogens (tertiary/aromatic N) is 1. The van der Waals surface area contributed by atoms with E-state index in [9.17, 15) is 9.18 Å². The molecule has 1 aromatic rings. The maximum Gasteiger partial charge on any atom is 0.345 e. The van der Waals surface area contributed by atoms with Crippen LogP contribution in [0.5, 0.6) is 0 Å². The van der Waals surface area contributed by atoms with Gasteiger partial charge in [0, 0.05) is 4.75 Å². The lowest BCUT2D eigenvalue weighted by Gasteiger charge is -2.56. The lowest BCUT2D eigenvalue weighted by molar-refractivity contribution is 0.0381. The van der Waals surface area contributed by atoms with Crippen LogP contribution in [-0.4, -0.2) is 17.0 Å². The van der Waals surface area contributed by atoms with E-state index in [1.54, 1.807) is 24.1 Å². The van der Waals surface area contributed by atoms with Gasteiger partial charge in [-0.05, 0) is 85.9 Å². The predicted octanol–water partition coefficient (Wildman–Crippen LogP) is 4.08. The summed E-state index contributed by atoms with van der Waals surface area (Å²) in [6.45, 7) is 0. The fourth-order valence-corrected chi connectivity index (χ4v) is 6.36. The SMILES string of the molecule is O=C(N/N=C/c1ccc(F)cc1)NSC12CC3CC(CC(C3)C1)C2. The first-order valence-corrected chi connectivity index (χ1v) is 9.44. The zero-order chi connectivity index (χ0) is 16.6.